The lowest BCUT2D eigenvalue weighted by Crippen LogP contribution is -2.43. The third kappa shape index (κ3) is 7.03. The van der Waals surface area contributed by atoms with Crippen LogP contribution in [0, 0.1) is 12.7 Å². The lowest BCUT2D eigenvalue weighted by molar-refractivity contribution is -0.166. The molecule has 1 atom stereocenters. The maximum atomic E-state index is 16.0. The molecule has 1 amide bonds. The summed E-state index contributed by atoms with van der Waals surface area (Å²) in [5.74, 6) is 0.0486. The number of aliphatic hydroxyl groups is 1. The topological polar surface area (TPSA) is 117 Å². The van der Waals surface area contributed by atoms with Gasteiger partial charge in [-0.05, 0) is 56.8 Å². The number of hydrogen-bond donors (Lipinski definition) is 3. The predicted molar refractivity (Wildman–Crippen MR) is 152 cm³/mol. The summed E-state index contributed by atoms with van der Waals surface area (Å²) < 4.78 is 61.5. The highest BCUT2D eigenvalue weighted by Gasteiger charge is 2.35. The zero-order valence-electron chi connectivity index (χ0n) is 24.0. The minimum Gasteiger partial charge on any atom is -0.444 e. The summed E-state index contributed by atoms with van der Waals surface area (Å²) >= 11 is 0. The predicted octanol–water partition coefficient (Wildman–Crippen LogP) is 5.77. The molecular weight excluding hydrogens is 570 g/mol. The van der Waals surface area contributed by atoms with E-state index in [0.29, 0.717) is 33.7 Å². The number of amides is 1. The first-order valence-corrected chi connectivity index (χ1v) is 13.5. The third-order valence-corrected chi connectivity index (χ3v) is 6.83. The van der Waals surface area contributed by atoms with Gasteiger partial charge in [0.2, 0.25) is 0 Å². The second kappa shape index (κ2) is 11.4. The molecule has 1 aliphatic heterocycles. The number of ether oxygens (including phenoxy) is 1. The van der Waals surface area contributed by atoms with Crippen LogP contribution in [0.1, 0.15) is 32.0 Å². The van der Waals surface area contributed by atoms with E-state index in [1.807, 2.05) is 6.92 Å². The van der Waals surface area contributed by atoms with Gasteiger partial charge in [-0.3, -0.25) is 19.9 Å². The van der Waals surface area contributed by atoms with Crippen LogP contribution in [0.5, 0.6) is 0 Å². The van der Waals surface area contributed by atoms with E-state index in [1.165, 1.54) is 10.9 Å². The van der Waals surface area contributed by atoms with Gasteiger partial charge in [-0.1, -0.05) is 0 Å². The summed E-state index contributed by atoms with van der Waals surface area (Å²) in [4.78, 5) is 22.1. The Kier molecular flexibility index (Phi) is 8.01. The molecule has 1 unspecified atom stereocenters. The summed E-state index contributed by atoms with van der Waals surface area (Å²) in [6.45, 7) is 5.58. The number of nitrogens with zero attached hydrogens (tertiary/aromatic N) is 5. The number of carbonyl (C=O) groups is 1. The molecule has 0 saturated heterocycles. The van der Waals surface area contributed by atoms with Crippen LogP contribution in [0.15, 0.2) is 42.9 Å². The fourth-order valence-corrected chi connectivity index (χ4v) is 4.91. The van der Waals surface area contributed by atoms with Gasteiger partial charge in [0.1, 0.15) is 17.6 Å². The monoisotopic (exact) mass is 601 g/mol. The lowest BCUT2D eigenvalue weighted by atomic mass is 9.98. The Bertz CT molecular complexity index is 1670. The van der Waals surface area contributed by atoms with Crippen molar-refractivity contribution in [2.75, 3.05) is 23.7 Å². The van der Waals surface area contributed by atoms with Crippen LogP contribution in [-0.2, 0) is 17.7 Å². The number of carbonyl (C=O) groups excluding carboxylic acids is 1. The molecule has 0 spiro atoms. The number of aromatic nitrogens is 4. The van der Waals surface area contributed by atoms with Crippen LogP contribution in [0.4, 0.5) is 39.7 Å². The second-order valence-electron chi connectivity index (χ2n) is 11.4. The SMILES string of the molecule is Cc1ccncc1-c1cc2cc(Nc3cc4n(n3)CC(O)N(CC(F)(F)F)CC4)ncc2c(NC(=O)OC(C)(C)C)c1F. The maximum Gasteiger partial charge on any atom is 0.412 e. The highest BCUT2D eigenvalue weighted by molar-refractivity contribution is 6.03. The van der Waals surface area contributed by atoms with Gasteiger partial charge in [0.25, 0.3) is 0 Å². The van der Waals surface area contributed by atoms with Gasteiger partial charge < -0.3 is 15.2 Å². The largest absolute Gasteiger partial charge is 0.444 e. The first kappa shape index (κ1) is 30.2. The highest BCUT2D eigenvalue weighted by atomic mass is 19.4. The zero-order valence-corrected chi connectivity index (χ0v) is 24.0. The van der Waals surface area contributed by atoms with Gasteiger partial charge >= 0.3 is 12.3 Å². The minimum atomic E-state index is -4.43. The van der Waals surface area contributed by atoms with Gasteiger partial charge in [0.05, 0.1) is 18.8 Å². The van der Waals surface area contributed by atoms with Crippen LogP contribution in [0.25, 0.3) is 21.9 Å². The minimum absolute atomic E-state index is 0.00948. The van der Waals surface area contributed by atoms with Crippen molar-refractivity contribution in [3.05, 3.63) is 59.9 Å². The summed E-state index contributed by atoms with van der Waals surface area (Å²) in [5, 5.41) is 21.2. The fraction of sp³-hybridized carbons (Fsp3) is 0.379. The van der Waals surface area contributed by atoms with Crippen molar-refractivity contribution in [3.63, 3.8) is 0 Å². The van der Waals surface area contributed by atoms with Crippen molar-refractivity contribution in [3.8, 4) is 11.1 Å². The molecule has 4 aromatic rings. The molecule has 1 aromatic carbocycles. The number of aryl methyl sites for hydroxylation is 1. The quantitative estimate of drug-likeness (QED) is 0.247. The van der Waals surface area contributed by atoms with E-state index in [2.05, 4.69) is 25.7 Å². The van der Waals surface area contributed by atoms with E-state index in [0.717, 1.165) is 10.5 Å². The summed E-state index contributed by atoms with van der Waals surface area (Å²) in [5.41, 5.74) is 1.27. The van der Waals surface area contributed by atoms with Gasteiger partial charge in [0.15, 0.2) is 11.6 Å². The van der Waals surface area contributed by atoms with Crippen molar-refractivity contribution >= 4 is 34.2 Å². The van der Waals surface area contributed by atoms with Crippen molar-refractivity contribution in [2.24, 2.45) is 0 Å². The molecule has 14 heteroatoms. The number of hydrogen-bond acceptors (Lipinski definition) is 8. The van der Waals surface area contributed by atoms with E-state index >= 15 is 4.39 Å². The molecule has 0 bridgehead atoms. The lowest BCUT2D eigenvalue weighted by Gasteiger charge is -2.26. The smallest absolute Gasteiger partial charge is 0.412 e. The Hall–Kier alpha value is -4.30. The number of halogens is 4. The third-order valence-electron chi connectivity index (χ3n) is 6.83. The molecule has 0 radical (unpaired) electrons. The van der Waals surface area contributed by atoms with E-state index in [1.54, 1.807) is 57.4 Å². The zero-order chi connectivity index (χ0) is 31.1. The first-order chi connectivity index (χ1) is 20.2. The Morgan fingerprint density at radius 3 is 2.60 bits per heavy atom. The molecule has 0 saturated carbocycles. The molecular formula is C29H31F4N7O3. The number of fused-ring (bicyclic) bond motifs is 2. The number of pyridine rings is 2. The van der Waals surface area contributed by atoms with Crippen molar-refractivity contribution in [1.82, 2.24) is 24.6 Å². The molecule has 228 valence electrons. The molecule has 4 heterocycles. The van der Waals surface area contributed by atoms with E-state index in [4.69, 9.17) is 4.74 Å². The number of benzene rings is 1. The fourth-order valence-electron chi connectivity index (χ4n) is 4.91. The molecule has 43 heavy (non-hydrogen) atoms. The standard InChI is InChI=1S/C29H31F4N7O3/c1-16-5-7-34-12-20(16)19-9-17-10-22(35-13-21(17)26(25(19)30)37-27(42)43-28(2,3)4)36-23-11-18-6-8-39(15-29(31,32)33)24(41)14-40(18)38-23/h5,7,9-13,24,41H,6,8,14-15H2,1-4H3,(H,37,42)(H,35,36,38). The van der Waals surface area contributed by atoms with Crippen molar-refractivity contribution in [1.29, 1.82) is 0 Å². The first-order valence-electron chi connectivity index (χ1n) is 13.5. The van der Waals surface area contributed by atoms with Crippen LogP contribution in [0.3, 0.4) is 0 Å². The van der Waals surface area contributed by atoms with Gasteiger partial charge in [0, 0.05) is 59.8 Å². The Morgan fingerprint density at radius 1 is 1.14 bits per heavy atom. The van der Waals surface area contributed by atoms with Crippen LogP contribution in [0.2, 0.25) is 0 Å². The Morgan fingerprint density at radius 2 is 1.91 bits per heavy atom. The molecule has 5 rings (SSSR count). The number of aliphatic hydroxyl groups excluding tert-OH is 1. The van der Waals surface area contributed by atoms with Gasteiger partial charge in [-0.25, -0.2) is 14.2 Å². The van der Waals surface area contributed by atoms with Crippen molar-refractivity contribution in [2.45, 2.75) is 58.7 Å². The van der Waals surface area contributed by atoms with Crippen LogP contribution in [-0.4, -0.2) is 66.9 Å². The molecule has 3 N–H and O–H groups in total. The number of rotatable bonds is 5. The van der Waals surface area contributed by atoms with E-state index in [9.17, 15) is 23.1 Å². The van der Waals surface area contributed by atoms with Crippen molar-refractivity contribution < 1.29 is 32.2 Å². The molecule has 0 fully saturated rings. The van der Waals surface area contributed by atoms with E-state index in [-0.39, 0.29) is 30.8 Å². The highest BCUT2D eigenvalue weighted by Crippen LogP contribution is 2.37. The Balaban J connectivity index is 1.47. The summed E-state index contributed by atoms with van der Waals surface area (Å²) in [6.07, 6.45) is -1.81. The van der Waals surface area contributed by atoms with Crippen LogP contribution >= 0.6 is 0 Å². The number of nitrogens with one attached hydrogen (secondary N) is 2. The van der Waals surface area contributed by atoms with Crippen LogP contribution < -0.4 is 10.6 Å². The average Bonchev–Trinajstić information content (AvgIpc) is 3.20. The summed E-state index contributed by atoms with van der Waals surface area (Å²) in [6, 6.07) is 6.73. The second-order valence-corrected chi connectivity index (χ2v) is 11.4. The normalized spacial score (nSPS) is 16.1. The number of anilines is 3. The van der Waals surface area contributed by atoms with Gasteiger partial charge in [-0.2, -0.15) is 18.3 Å². The molecule has 3 aromatic heterocycles. The molecule has 0 aliphatic carbocycles. The average molecular weight is 602 g/mol. The maximum absolute atomic E-state index is 16.0. The van der Waals surface area contributed by atoms with E-state index < -0.39 is 36.5 Å². The van der Waals surface area contributed by atoms with Gasteiger partial charge in [-0.15, -0.1) is 0 Å². The Labute approximate surface area is 244 Å². The number of alkyl halides is 3. The summed E-state index contributed by atoms with van der Waals surface area (Å²) in [7, 11) is 0. The molecule has 10 nitrogen and oxygen atoms in total. The molecule has 1 aliphatic rings.